The average Bonchev–Trinajstić information content (AvgIpc) is 2.69. The Labute approximate surface area is 161 Å². The number of pyridine rings is 1. The number of esters is 1. The van der Waals surface area contributed by atoms with E-state index in [9.17, 15) is 4.79 Å². The van der Waals surface area contributed by atoms with Crippen LogP contribution in [0.2, 0.25) is 0 Å². The molecule has 0 radical (unpaired) electrons. The van der Waals surface area contributed by atoms with Crippen molar-refractivity contribution in [3.8, 4) is 11.8 Å². The second kappa shape index (κ2) is 7.33. The predicted octanol–water partition coefficient (Wildman–Crippen LogP) is 4.43. The standard InChI is InChI=1S/C21H21NO2S/c1-4-24-20(23)16-7-9-17(22-14-16)8-5-15-6-10-19-18(13-15)21(2,3)11-12-25-19/h6-7,9-10,13-14H,4,11-12H2,1-3H3/i6D,7D,9D,10D,13D,14D. The summed E-state index contributed by atoms with van der Waals surface area (Å²) in [5, 5.41) is 0. The molecule has 0 aliphatic carbocycles. The van der Waals surface area contributed by atoms with Gasteiger partial charge in [0.15, 0.2) is 0 Å². The highest BCUT2D eigenvalue weighted by molar-refractivity contribution is 7.99. The van der Waals surface area contributed by atoms with Crippen LogP contribution in [0.25, 0.3) is 0 Å². The maximum atomic E-state index is 12.0. The molecule has 0 atom stereocenters. The molecule has 0 unspecified atom stereocenters. The number of hydrogen-bond acceptors (Lipinski definition) is 4. The molecule has 25 heavy (non-hydrogen) atoms. The highest BCUT2D eigenvalue weighted by Crippen LogP contribution is 2.41. The molecule has 3 rings (SSSR count). The van der Waals surface area contributed by atoms with Crippen molar-refractivity contribution in [3.63, 3.8) is 0 Å². The van der Waals surface area contributed by atoms with Gasteiger partial charge in [-0.2, -0.15) is 0 Å². The van der Waals surface area contributed by atoms with Gasteiger partial charge in [0, 0.05) is 16.6 Å². The first-order valence-electron chi connectivity index (χ1n) is 10.9. The van der Waals surface area contributed by atoms with E-state index in [1.807, 2.05) is 13.8 Å². The molecule has 2 aromatic rings. The molecular formula is C21H21NO2S. The molecule has 1 aromatic carbocycles. The van der Waals surface area contributed by atoms with E-state index < -0.39 is 29.8 Å². The fourth-order valence-electron chi connectivity index (χ4n) is 2.35. The smallest absolute Gasteiger partial charge is 0.339 e. The number of nitrogens with zero attached hydrogens (tertiary/aromatic N) is 1. The van der Waals surface area contributed by atoms with Gasteiger partial charge in [0.05, 0.1) is 20.4 Å². The van der Waals surface area contributed by atoms with Crippen LogP contribution in [-0.2, 0) is 10.2 Å². The van der Waals surface area contributed by atoms with E-state index in [2.05, 4.69) is 16.8 Å². The predicted molar refractivity (Wildman–Crippen MR) is 101 cm³/mol. The number of rotatable bonds is 2. The molecule has 1 aromatic heterocycles. The summed E-state index contributed by atoms with van der Waals surface area (Å²) in [5.74, 6) is 5.17. The molecule has 0 saturated carbocycles. The van der Waals surface area contributed by atoms with Gasteiger partial charge < -0.3 is 4.74 Å². The number of benzene rings is 1. The highest BCUT2D eigenvalue weighted by atomic mass is 32.2. The zero-order valence-corrected chi connectivity index (χ0v) is 15.1. The molecule has 3 nitrogen and oxygen atoms in total. The quantitative estimate of drug-likeness (QED) is 0.589. The first-order valence-corrected chi connectivity index (χ1v) is 8.93. The van der Waals surface area contributed by atoms with Gasteiger partial charge in [-0.3, -0.25) is 0 Å². The lowest BCUT2D eigenvalue weighted by Gasteiger charge is -2.32. The first-order chi connectivity index (χ1) is 14.5. The monoisotopic (exact) mass is 357 g/mol. The van der Waals surface area contributed by atoms with Crippen LogP contribution >= 0.6 is 11.8 Å². The van der Waals surface area contributed by atoms with Gasteiger partial charge in [-0.25, -0.2) is 9.78 Å². The zero-order valence-electron chi connectivity index (χ0n) is 20.3. The van der Waals surface area contributed by atoms with Crippen molar-refractivity contribution in [3.05, 3.63) is 58.8 Å². The van der Waals surface area contributed by atoms with E-state index in [0.29, 0.717) is 10.5 Å². The third-order valence-electron chi connectivity index (χ3n) is 3.80. The Balaban J connectivity index is 2.16. The van der Waals surface area contributed by atoms with Crippen molar-refractivity contribution in [1.29, 1.82) is 0 Å². The van der Waals surface area contributed by atoms with E-state index in [1.165, 1.54) is 11.8 Å². The van der Waals surface area contributed by atoms with Gasteiger partial charge in [0.1, 0.15) is 5.69 Å². The van der Waals surface area contributed by atoms with Gasteiger partial charge >= 0.3 is 5.97 Å². The summed E-state index contributed by atoms with van der Waals surface area (Å²) in [5.41, 5.74) is -0.206. The number of carbonyl (C=O) groups is 1. The number of carbonyl (C=O) groups excluding carboxylic acids is 1. The van der Waals surface area contributed by atoms with E-state index >= 15 is 0 Å². The van der Waals surface area contributed by atoms with Crippen molar-refractivity contribution in [2.24, 2.45) is 0 Å². The molecule has 0 saturated heterocycles. The molecule has 0 bridgehead atoms. The van der Waals surface area contributed by atoms with Crippen LogP contribution in [0.4, 0.5) is 0 Å². The Morgan fingerprint density at radius 2 is 2.20 bits per heavy atom. The molecule has 0 N–H and O–H groups in total. The van der Waals surface area contributed by atoms with E-state index in [-0.39, 0.29) is 41.4 Å². The third-order valence-corrected chi connectivity index (χ3v) is 4.80. The molecule has 4 heteroatoms. The van der Waals surface area contributed by atoms with Gasteiger partial charge in [-0.15, -0.1) is 11.8 Å². The van der Waals surface area contributed by atoms with Crippen LogP contribution in [-0.4, -0.2) is 23.3 Å². The largest absolute Gasteiger partial charge is 0.462 e. The van der Waals surface area contributed by atoms with Crippen molar-refractivity contribution >= 4 is 17.7 Å². The van der Waals surface area contributed by atoms with Crippen molar-refractivity contribution < 1.29 is 17.8 Å². The third kappa shape index (κ3) is 4.05. The van der Waals surface area contributed by atoms with Crippen LogP contribution < -0.4 is 0 Å². The first kappa shape index (κ1) is 11.4. The Morgan fingerprint density at radius 3 is 3.00 bits per heavy atom. The van der Waals surface area contributed by atoms with Crippen molar-refractivity contribution in [2.45, 2.75) is 37.5 Å². The SMILES string of the molecule is [2H]c1nc(C#Cc2c([2H])c([2H])c3c(c2[2H])C(C)(C)CCS3)c([2H])c([2H])c1C(=O)OCC. The number of fused-ring (bicyclic) bond motifs is 1. The summed E-state index contributed by atoms with van der Waals surface area (Å²) >= 11 is 1.47. The topological polar surface area (TPSA) is 39.2 Å². The second-order valence-corrected chi connectivity index (χ2v) is 7.21. The molecule has 0 fully saturated rings. The Bertz CT molecular complexity index is 1150. The Kier molecular flexibility index (Phi) is 3.34. The number of thioether (sulfide) groups is 1. The van der Waals surface area contributed by atoms with Crippen molar-refractivity contribution in [2.75, 3.05) is 12.4 Å². The van der Waals surface area contributed by atoms with Gasteiger partial charge in [-0.1, -0.05) is 19.8 Å². The zero-order chi connectivity index (χ0) is 23.1. The minimum absolute atomic E-state index is 0.0205. The fraction of sp³-hybridized carbons (Fsp3) is 0.333. The summed E-state index contributed by atoms with van der Waals surface area (Å²) in [6, 6.07) is -1.03. The van der Waals surface area contributed by atoms with Gasteiger partial charge in [-0.05, 0) is 66.2 Å². The van der Waals surface area contributed by atoms with E-state index in [4.69, 9.17) is 13.0 Å². The normalized spacial score (nSPS) is 18.2. The van der Waals surface area contributed by atoms with Gasteiger partial charge in [0.2, 0.25) is 0 Å². The van der Waals surface area contributed by atoms with Crippen molar-refractivity contribution in [1.82, 2.24) is 4.98 Å². The Hall–Kier alpha value is -2.25. The van der Waals surface area contributed by atoms with Crippen LogP contribution in [0.3, 0.4) is 0 Å². The summed E-state index contributed by atoms with van der Waals surface area (Å²) in [6.07, 6.45) is 0.309. The second-order valence-electron chi connectivity index (χ2n) is 6.10. The molecule has 0 amide bonds. The minimum Gasteiger partial charge on any atom is -0.462 e. The van der Waals surface area contributed by atoms with Gasteiger partial charge in [0.25, 0.3) is 0 Å². The van der Waals surface area contributed by atoms with Crippen LogP contribution in [0.5, 0.6) is 0 Å². The number of aromatic nitrogens is 1. The molecule has 1 aliphatic heterocycles. The minimum atomic E-state index is -0.895. The summed E-state index contributed by atoms with van der Waals surface area (Å²) in [4.78, 5) is 16.5. The highest BCUT2D eigenvalue weighted by Gasteiger charge is 2.27. The molecule has 128 valence electrons. The molecule has 1 aliphatic rings. The maximum absolute atomic E-state index is 12.0. The average molecular weight is 358 g/mol. The number of ether oxygens (including phenoxy) is 1. The lowest BCUT2D eigenvalue weighted by Crippen LogP contribution is -2.22. The van der Waals surface area contributed by atoms with Crippen LogP contribution in [0, 0.1) is 11.8 Å². The number of hydrogen-bond donors (Lipinski definition) is 0. The lowest BCUT2D eigenvalue weighted by atomic mass is 9.81. The van der Waals surface area contributed by atoms with E-state index in [1.54, 1.807) is 6.92 Å². The summed E-state index contributed by atoms with van der Waals surface area (Å²) < 4.78 is 54.2. The summed E-state index contributed by atoms with van der Waals surface area (Å²) in [7, 11) is 0. The Morgan fingerprint density at radius 1 is 1.36 bits per heavy atom. The van der Waals surface area contributed by atoms with Crippen LogP contribution in [0.1, 0.15) is 62.6 Å². The molecular weight excluding hydrogens is 330 g/mol. The lowest BCUT2D eigenvalue weighted by molar-refractivity contribution is 0.0526. The summed E-state index contributed by atoms with van der Waals surface area (Å²) in [6.45, 7) is 5.66. The van der Waals surface area contributed by atoms with Crippen LogP contribution in [0.15, 0.2) is 41.3 Å². The maximum Gasteiger partial charge on any atom is 0.339 e. The van der Waals surface area contributed by atoms with E-state index in [0.717, 1.165) is 12.2 Å². The fourth-order valence-corrected chi connectivity index (χ4v) is 3.76. The molecule has 2 heterocycles. The molecule has 0 spiro atoms.